The van der Waals surface area contributed by atoms with Crippen LogP contribution in [0, 0.1) is 0 Å². The number of halogens is 2. The molecule has 2 heterocycles. The van der Waals surface area contributed by atoms with Crippen LogP contribution in [-0.2, 0) is 16.1 Å². The van der Waals surface area contributed by atoms with Crippen molar-refractivity contribution in [3.63, 3.8) is 0 Å². The third-order valence-electron chi connectivity index (χ3n) is 5.29. The summed E-state index contributed by atoms with van der Waals surface area (Å²) in [7, 11) is 0. The average molecular weight is 528 g/mol. The van der Waals surface area contributed by atoms with E-state index >= 15 is 0 Å². The van der Waals surface area contributed by atoms with Crippen LogP contribution in [-0.4, -0.2) is 33.3 Å². The number of carbonyl (C=O) groups is 2. The molecule has 168 valence electrons. The van der Waals surface area contributed by atoms with Crippen LogP contribution < -0.4 is 4.74 Å². The van der Waals surface area contributed by atoms with Crippen LogP contribution in [0.4, 0.5) is 0 Å². The Hall–Kier alpha value is -3.16. The monoisotopic (exact) mass is 526 g/mol. The first-order chi connectivity index (χ1) is 15.9. The van der Waals surface area contributed by atoms with Gasteiger partial charge in [-0.1, -0.05) is 45.7 Å². The molecule has 1 atom stereocenters. The van der Waals surface area contributed by atoms with E-state index in [9.17, 15) is 14.7 Å². The predicted octanol–water partition coefficient (Wildman–Crippen LogP) is 5.52. The summed E-state index contributed by atoms with van der Waals surface area (Å²) < 4.78 is 6.24. The maximum Gasteiger partial charge on any atom is 0.295 e. The summed E-state index contributed by atoms with van der Waals surface area (Å²) in [5, 5.41) is 11.5. The molecule has 6 nitrogen and oxygen atoms in total. The third kappa shape index (κ3) is 4.65. The van der Waals surface area contributed by atoms with Crippen LogP contribution in [0.3, 0.4) is 0 Å². The van der Waals surface area contributed by atoms with Crippen molar-refractivity contribution in [2.45, 2.75) is 19.5 Å². The normalized spacial score (nSPS) is 17.4. The van der Waals surface area contributed by atoms with Crippen molar-refractivity contribution in [1.82, 2.24) is 9.88 Å². The van der Waals surface area contributed by atoms with Crippen molar-refractivity contribution in [2.75, 3.05) is 6.61 Å². The van der Waals surface area contributed by atoms with Gasteiger partial charge in [0.2, 0.25) is 0 Å². The Morgan fingerprint density at radius 2 is 2.00 bits per heavy atom. The number of ether oxygens (including phenoxy) is 1. The van der Waals surface area contributed by atoms with Gasteiger partial charge in [0.25, 0.3) is 11.7 Å². The Bertz CT molecular complexity index is 1250. The van der Waals surface area contributed by atoms with Crippen molar-refractivity contribution in [3.8, 4) is 5.75 Å². The van der Waals surface area contributed by atoms with Crippen LogP contribution >= 0.6 is 27.5 Å². The molecule has 1 aliphatic rings. The van der Waals surface area contributed by atoms with Gasteiger partial charge in [0.1, 0.15) is 11.5 Å². The van der Waals surface area contributed by atoms with Gasteiger partial charge in [-0.15, -0.1) is 0 Å². The highest BCUT2D eigenvalue weighted by atomic mass is 79.9. The highest BCUT2D eigenvalue weighted by Gasteiger charge is 2.46. The van der Waals surface area contributed by atoms with E-state index < -0.39 is 17.7 Å². The zero-order chi connectivity index (χ0) is 23.5. The molecule has 8 heteroatoms. The topological polar surface area (TPSA) is 79.7 Å². The molecule has 0 spiro atoms. The van der Waals surface area contributed by atoms with E-state index in [1.807, 2.05) is 37.3 Å². The van der Waals surface area contributed by atoms with Crippen LogP contribution in [0.25, 0.3) is 5.76 Å². The minimum absolute atomic E-state index is 0.00205. The second-order valence-electron chi connectivity index (χ2n) is 7.42. The number of hydrogen-bond donors (Lipinski definition) is 1. The lowest BCUT2D eigenvalue weighted by Crippen LogP contribution is -2.29. The number of aromatic nitrogens is 1. The maximum atomic E-state index is 13.1. The van der Waals surface area contributed by atoms with E-state index in [1.165, 1.54) is 11.0 Å². The van der Waals surface area contributed by atoms with Crippen LogP contribution in [0.1, 0.15) is 29.7 Å². The van der Waals surface area contributed by atoms with Gasteiger partial charge >= 0.3 is 0 Å². The summed E-state index contributed by atoms with van der Waals surface area (Å²) in [6.45, 7) is 2.44. The van der Waals surface area contributed by atoms with E-state index in [4.69, 9.17) is 16.3 Å². The van der Waals surface area contributed by atoms with Crippen LogP contribution in [0.2, 0.25) is 5.02 Å². The van der Waals surface area contributed by atoms with E-state index in [-0.39, 0.29) is 17.9 Å². The molecule has 1 amide bonds. The molecule has 1 aliphatic heterocycles. The second kappa shape index (κ2) is 9.77. The lowest BCUT2D eigenvalue weighted by Gasteiger charge is -2.25. The zero-order valence-electron chi connectivity index (χ0n) is 17.7. The van der Waals surface area contributed by atoms with Crippen molar-refractivity contribution in [2.24, 2.45) is 0 Å². The summed E-state index contributed by atoms with van der Waals surface area (Å²) in [6.07, 6.45) is 3.28. The number of ketones is 1. The molecule has 1 N–H and O–H groups in total. The Morgan fingerprint density at radius 1 is 1.18 bits per heavy atom. The number of rotatable bonds is 6. The number of amides is 1. The minimum Gasteiger partial charge on any atom is -0.507 e. The molecule has 0 bridgehead atoms. The van der Waals surface area contributed by atoms with Crippen LogP contribution in [0.15, 0.2) is 77.0 Å². The van der Waals surface area contributed by atoms with E-state index in [1.54, 1.807) is 30.6 Å². The van der Waals surface area contributed by atoms with Crippen molar-refractivity contribution in [1.29, 1.82) is 0 Å². The van der Waals surface area contributed by atoms with Crippen molar-refractivity contribution >= 4 is 45.0 Å². The quantitative estimate of drug-likeness (QED) is 0.259. The molecule has 1 aromatic heterocycles. The molecule has 3 aromatic rings. The number of nitrogens with zero attached hydrogens (tertiary/aromatic N) is 2. The number of aliphatic hydroxyl groups is 1. The molecular weight excluding hydrogens is 508 g/mol. The molecule has 0 radical (unpaired) electrons. The number of aliphatic hydroxyl groups excluding tert-OH is 1. The second-order valence-corrected chi connectivity index (χ2v) is 8.74. The van der Waals surface area contributed by atoms with Gasteiger partial charge in [0.05, 0.1) is 23.2 Å². The Kier molecular flexibility index (Phi) is 6.81. The van der Waals surface area contributed by atoms with Gasteiger partial charge in [0.15, 0.2) is 0 Å². The van der Waals surface area contributed by atoms with Gasteiger partial charge < -0.3 is 14.7 Å². The highest BCUT2D eigenvalue weighted by molar-refractivity contribution is 9.10. The standard InChI is InChI=1S/C25H20BrClN2O4/c1-2-33-20-9-8-17(12-19(20)27)23(30)21-22(16-6-3-7-18(26)11-16)29(25(32)24(21)31)14-15-5-4-10-28-13-15/h3-13,22,30H,2,14H2,1H3/t22-/m1/s1. The molecule has 4 rings (SSSR count). The predicted molar refractivity (Wildman–Crippen MR) is 129 cm³/mol. The lowest BCUT2D eigenvalue weighted by molar-refractivity contribution is -0.140. The molecule has 1 fully saturated rings. The van der Waals surface area contributed by atoms with Crippen molar-refractivity contribution in [3.05, 3.63) is 98.7 Å². The number of benzene rings is 2. The first kappa shape index (κ1) is 23.0. The lowest BCUT2D eigenvalue weighted by atomic mass is 9.95. The van der Waals surface area contributed by atoms with Gasteiger partial charge in [-0.05, 0) is 54.4 Å². The van der Waals surface area contributed by atoms with Gasteiger partial charge in [-0.2, -0.15) is 0 Å². The number of pyridine rings is 1. The number of carbonyl (C=O) groups excluding carboxylic acids is 2. The third-order valence-corrected chi connectivity index (χ3v) is 6.07. The fourth-order valence-electron chi connectivity index (χ4n) is 3.83. The first-order valence-corrected chi connectivity index (χ1v) is 11.4. The average Bonchev–Trinajstić information content (AvgIpc) is 3.05. The fourth-order valence-corrected chi connectivity index (χ4v) is 4.48. The Morgan fingerprint density at radius 3 is 2.67 bits per heavy atom. The van der Waals surface area contributed by atoms with Gasteiger partial charge in [-0.25, -0.2) is 0 Å². The summed E-state index contributed by atoms with van der Waals surface area (Å²) >= 11 is 9.75. The van der Waals surface area contributed by atoms with E-state index in [0.717, 1.165) is 10.0 Å². The molecule has 0 saturated carbocycles. The SMILES string of the molecule is CCOc1ccc(C(O)=C2C(=O)C(=O)N(Cc3cccnc3)[C@@H]2c2cccc(Br)c2)cc1Cl. The molecule has 0 unspecified atom stereocenters. The van der Waals surface area contributed by atoms with Crippen molar-refractivity contribution < 1.29 is 19.4 Å². The van der Waals surface area contributed by atoms with Crippen LogP contribution in [0.5, 0.6) is 5.75 Å². The minimum atomic E-state index is -0.784. The molecular formula is C25H20BrClN2O4. The Balaban J connectivity index is 1.85. The summed E-state index contributed by atoms with van der Waals surface area (Å²) in [6, 6.07) is 14.9. The first-order valence-electron chi connectivity index (χ1n) is 10.3. The smallest absolute Gasteiger partial charge is 0.295 e. The Labute approximate surface area is 204 Å². The van der Waals surface area contributed by atoms with Gasteiger partial charge in [0, 0.05) is 29.0 Å². The molecule has 1 saturated heterocycles. The maximum absolute atomic E-state index is 13.1. The summed E-state index contributed by atoms with van der Waals surface area (Å²) in [4.78, 5) is 31.8. The largest absolute Gasteiger partial charge is 0.507 e. The number of likely N-dealkylation sites (tertiary alicyclic amines) is 1. The highest BCUT2D eigenvalue weighted by Crippen LogP contribution is 2.41. The molecule has 33 heavy (non-hydrogen) atoms. The van der Waals surface area contributed by atoms with E-state index in [2.05, 4.69) is 20.9 Å². The van der Waals surface area contributed by atoms with Gasteiger partial charge in [-0.3, -0.25) is 14.6 Å². The number of Topliss-reactive ketones (excluding diaryl/α,β-unsaturated/α-hetero) is 1. The number of hydrogen-bond acceptors (Lipinski definition) is 5. The summed E-state index contributed by atoms with van der Waals surface area (Å²) in [5.41, 5.74) is 1.78. The fraction of sp³-hybridized carbons (Fsp3) is 0.160. The summed E-state index contributed by atoms with van der Waals surface area (Å²) in [5.74, 6) is -1.28. The zero-order valence-corrected chi connectivity index (χ0v) is 20.0. The molecule has 0 aliphatic carbocycles. The molecule has 2 aromatic carbocycles. The van der Waals surface area contributed by atoms with E-state index in [0.29, 0.717) is 28.5 Å².